The number of ether oxygens (including phenoxy) is 1. The molecule has 8 amide bonds. The molecule has 478 valence electrons. The number of nitrogens with two attached hydrogens (primary N) is 1. The van der Waals surface area contributed by atoms with Crippen LogP contribution in [0.2, 0.25) is 0 Å². The van der Waals surface area contributed by atoms with E-state index in [-0.39, 0.29) is 35.1 Å². The number of carbonyl (C=O) groups excluding carboxylic acids is 8. The second-order valence-electron chi connectivity index (χ2n) is 21.3. The molecule has 0 unspecified atom stereocenters. The Hall–Kier alpha value is -7.38. The van der Waals surface area contributed by atoms with E-state index < -0.39 is 199 Å². The number of primary amides is 1. The van der Waals surface area contributed by atoms with Gasteiger partial charge in [-0.15, -0.1) is 0 Å². The molecule has 14 atom stereocenters. The first-order chi connectivity index (χ1) is 41.5. The van der Waals surface area contributed by atoms with Crippen LogP contribution in [0.25, 0.3) is 22.6 Å². The number of benzene rings is 3. The molecule has 7 rings (SSSR count). The van der Waals surface area contributed by atoms with Crippen molar-refractivity contribution in [2.45, 2.75) is 144 Å². The molecule has 4 heterocycles. The third kappa shape index (κ3) is 17.9. The summed E-state index contributed by atoms with van der Waals surface area (Å²) < 4.78 is 49.9. The van der Waals surface area contributed by atoms with Gasteiger partial charge in [-0.1, -0.05) is 43.1 Å². The van der Waals surface area contributed by atoms with Gasteiger partial charge < -0.3 is 106 Å². The van der Waals surface area contributed by atoms with Gasteiger partial charge in [-0.2, -0.15) is 0 Å². The number of aliphatic hydroxyl groups is 8. The van der Waals surface area contributed by atoms with Crippen LogP contribution in [0.15, 0.2) is 77.3 Å². The average Bonchev–Trinajstić information content (AvgIpc) is 2.50. The van der Waals surface area contributed by atoms with E-state index in [1.807, 2.05) is 10.6 Å². The Morgan fingerprint density at radius 3 is 2.08 bits per heavy atom. The summed E-state index contributed by atoms with van der Waals surface area (Å²) >= 11 is 0. The topological polar surface area (TPSA) is 513 Å². The normalized spacial score (nSPS) is 25.5. The van der Waals surface area contributed by atoms with E-state index in [1.165, 1.54) is 24.3 Å². The molecule has 89 heavy (non-hydrogen) atoms. The molecule has 34 heteroatoms. The Labute approximate surface area is 529 Å². The number of hydrogen-bond donors (Lipinski definition) is 15. The van der Waals surface area contributed by atoms with E-state index in [2.05, 4.69) is 32.2 Å². The van der Waals surface area contributed by atoms with Gasteiger partial charge in [0.15, 0.2) is 23.5 Å². The van der Waals surface area contributed by atoms with E-state index >= 15 is 0 Å². The average molecular weight is 1280 g/mol. The molecule has 3 fully saturated rings. The molecular weight excluding hydrogens is 1210 g/mol. The number of carbonyl (C=O) groups is 8. The molecule has 1 aromatic heterocycles. The van der Waals surface area contributed by atoms with Crippen LogP contribution in [0.1, 0.15) is 80.8 Å². The van der Waals surface area contributed by atoms with Crippen molar-refractivity contribution in [1.82, 2.24) is 41.5 Å². The molecule has 0 radical (unpaired) electrons. The smallest absolute Gasteiger partial charge is 0.716 e. The number of nitrogens with zero attached hydrogens (tertiary/aromatic N) is 3. The number of amides is 8. The van der Waals surface area contributed by atoms with Crippen LogP contribution >= 0.6 is 0 Å². The van der Waals surface area contributed by atoms with Gasteiger partial charge in [-0.25, -0.2) is 8.42 Å². The molecule has 0 aliphatic carbocycles. The molecule has 3 aliphatic rings. The number of fused-ring (bicyclic) bond motifs is 2. The molecule has 16 N–H and O–H groups in total. The summed E-state index contributed by atoms with van der Waals surface area (Å²) in [6, 6.07) is 3.42. The fourth-order valence-corrected chi connectivity index (χ4v) is 10.5. The molecule has 0 bridgehead atoms. The quantitative estimate of drug-likeness (QED) is 0.0190. The minimum absolute atomic E-state index is 0. The zero-order valence-electron chi connectivity index (χ0n) is 48.1. The summed E-state index contributed by atoms with van der Waals surface area (Å²) in [5.41, 5.74) is 6.11. The molecular formula is C55H68N9NaO23S. The number of aromatic hydroxyl groups is 1. The van der Waals surface area contributed by atoms with Crippen molar-refractivity contribution in [3.05, 3.63) is 83.9 Å². The van der Waals surface area contributed by atoms with Crippen LogP contribution in [0.3, 0.4) is 0 Å². The largest absolute Gasteiger partial charge is 1.00 e. The number of hydrogen-bond acceptors (Lipinski definition) is 24. The predicted molar refractivity (Wildman–Crippen MR) is 297 cm³/mol. The van der Waals surface area contributed by atoms with Gasteiger partial charge in [-0.05, 0) is 73.9 Å². The monoisotopic (exact) mass is 1280 g/mol. The summed E-state index contributed by atoms with van der Waals surface area (Å²) in [6.45, 7) is 2.39. The number of unbranched alkanes of at least 4 members (excludes halogenated alkanes) is 2. The van der Waals surface area contributed by atoms with E-state index in [0.29, 0.717) is 56.9 Å². The van der Waals surface area contributed by atoms with Crippen molar-refractivity contribution < 1.29 is 140 Å². The Kier molecular flexibility index (Phi) is 24.5. The van der Waals surface area contributed by atoms with Crippen LogP contribution in [-0.2, 0) is 44.0 Å². The zero-order valence-corrected chi connectivity index (χ0v) is 51.0. The van der Waals surface area contributed by atoms with Crippen LogP contribution in [0.5, 0.6) is 17.2 Å². The van der Waals surface area contributed by atoms with Crippen LogP contribution < -0.4 is 70.8 Å². The van der Waals surface area contributed by atoms with Crippen LogP contribution in [0.4, 0.5) is 0 Å². The number of aromatic nitrogens is 1. The van der Waals surface area contributed by atoms with E-state index in [0.717, 1.165) is 32.3 Å². The minimum atomic E-state index is -5.60. The molecule has 3 aromatic carbocycles. The maximum absolute atomic E-state index is 14.5. The number of aliphatic hydroxyl groups excluding tert-OH is 8. The van der Waals surface area contributed by atoms with Crippen molar-refractivity contribution in [3.63, 3.8) is 0 Å². The second-order valence-corrected chi connectivity index (χ2v) is 22.3. The summed E-state index contributed by atoms with van der Waals surface area (Å²) in [5.74, 6) is -12.0. The van der Waals surface area contributed by atoms with Crippen molar-refractivity contribution in [2.75, 3.05) is 19.7 Å². The molecule has 3 saturated heterocycles. The first-order valence-electron chi connectivity index (χ1n) is 27.7. The first kappa shape index (κ1) is 70.7. The third-order valence-corrected chi connectivity index (χ3v) is 15.2. The van der Waals surface area contributed by atoms with Crippen molar-refractivity contribution in [3.8, 4) is 39.8 Å². The number of nitrogens with one attached hydrogen (secondary N) is 5. The van der Waals surface area contributed by atoms with E-state index in [9.17, 15) is 97.3 Å². The molecule has 32 nitrogen and oxygen atoms in total. The fourth-order valence-electron chi connectivity index (χ4n) is 10.1. The van der Waals surface area contributed by atoms with Gasteiger partial charge in [0.05, 0.1) is 37.4 Å². The Bertz CT molecular complexity index is 3310. The maximum atomic E-state index is 14.5. The summed E-state index contributed by atoms with van der Waals surface area (Å²) in [6.07, 6.45) is -17.7. The van der Waals surface area contributed by atoms with Gasteiger partial charge in [0.25, 0.3) is 16.3 Å². The van der Waals surface area contributed by atoms with Gasteiger partial charge in [0.1, 0.15) is 66.0 Å². The number of phenols is 1. The third-order valence-electron chi connectivity index (χ3n) is 14.8. The van der Waals surface area contributed by atoms with Crippen molar-refractivity contribution in [1.29, 1.82) is 0 Å². The number of phenolic OH excluding ortho intramolecular Hbond substituents is 1. The minimum Gasteiger partial charge on any atom is -0.716 e. The molecule has 3 aliphatic heterocycles. The Balaban J connectivity index is 0.0000126. The Morgan fingerprint density at radius 2 is 1.44 bits per heavy atom. The predicted octanol–water partition coefficient (Wildman–Crippen LogP) is -7.49. The van der Waals surface area contributed by atoms with Crippen molar-refractivity contribution in [2.24, 2.45) is 5.73 Å². The summed E-state index contributed by atoms with van der Waals surface area (Å²) in [5, 5.41) is 115. The maximum Gasteiger partial charge on any atom is 1.00 e. The summed E-state index contributed by atoms with van der Waals surface area (Å²) in [4.78, 5) is 114. The van der Waals surface area contributed by atoms with Gasteiger partial charge in [-0.3, -0.25) is 38.4 Å². The molecule has 0 saturated carbocycles. The number of rotatable bonds is 18. The van der Waals surface area contributed by atoms with Crippen LogP contribution in [-0.4, -0.2) is 220 Å². The SMILES string of the molecule is CCCCCOc1ccc(-c2cc(-c3ccc(C(=O)N[C@H]4C[C@@H](O)[C@@H](O)NC(=O)[C@@H]5[C@@H](O)CCN5C(=O)[C@H]([C@H](O)CC(N)=O)NC(=O)[C@H]([C@H](O)[C@@H](O)c5ccc(O)c(OS(=O)(=O)[O-])c5)NC(=O)[C@@H]5C[C@@H](O)CN5C(=O)[C@H]([C@@H](C)O)NC4=O)cc3)no2)cc1.[Na+]. The van der Waals surface area contributed by atoms with Gasteiger partial charge >= 0.3 is 29.6 Å². The second kappa shape index (κ2) is 30.9. The zero-order chi connectivity index (χ0) is 64.5. The van der Waals surface area contributed by atoms with E-state index in [1.54, 1.807) is 30.3 Å². The van der Waals surface area contributed by atoms with Gasteiger partial charge in [0, 0.05) is 48.7 Å². The standard InChI is InChI=1S/C55H69N9O23S.Na/c1-3-4-5-18-85-31-13-10-27(11-14-31)39-22-32(62-86-39)26-6-8-28(9-7-26)48(74)57-33-21-38(70)51(77)61-53(79)45-36(68)16-17-63(45)55(81)43(37(69)23-41(56)71)59-52(78)44(47(73)46(72)29-12-15-35(67)40(19-29)87-88(82,83)84)60-50(76)34-20-30(66)24-64(34)54(80)42(25(2)65)58-49(33)75;/h6-15,19,22,25,30,33-34,36-38,42-47,51,65-70,72-73,77H,3-5,16-18,20-21,23-24H2,1-2H3,(H2,56,71)(H,57,74)(H,58,75)(H,59,78)(H,60,76)(H,61,79)(H,82,83,84);/q;+1/p-1/t25-,30-,33+,34+,36+,37-,38-,42+,43+,44+,45+,46+,47+,51-;/m1./s1. The van der Waals surface area contributed by atoms with Gasteiger partial charge in [0.2, 0.25) is 41.4 Å². The fraction of sp³-hybridized carbons (Fsp3) is 0.473. The first-order valence-corrected chi connectivity index (χ1v) is 29.0. The summed E-state index contributed by atoms with van der Waals surface area (Å²) in [7, 11) is -5.60. The van der Waals surface area contributed by atoms with Crippen LogP contribution in [0, 0.1) is 0 Å². The van der Waals surface area contributed by atoms with E-state index in [4.69, 9.17) is 15.0 Å². The van der Waals surface area contributed by atoms with Crippen molar-refractivity contribution >= 4 is 57.7 Å². The Morgan fingerprint density at radius 1 is 0.798 bits per heavy atom. The molecule has 0 spiro atoms. The molecule has 4 aromatic rings.